The van der Waals surface area contributed by atoms with E-state index in [0.717, 1.165) is 68.0 Å². The molecule has 4 rings (SSSR count). The van der Waals surface area contributed by atoms with Gasteiger partial charge in [0.2, 0.25) is 0 Å². The fourth-order valence-electron chi connectivity index (χ4n) is 5.61. The number of hydrogen-bond acceptors (Lipinski definition) is 6. The number of hydrogen-bond donors (Lipinski definition) is 1. The van der Waals surface area contributed by atoms with E-state index < -0.39 is 5.91 Å². The Morgan fingerprint density at radius 1 is 1.18 bits per heavy atom. The summed E-state index contributed by atoms with van der Waals surface area (Å²) in [6.07, 6.45) is 7.94. The molecule has 1 aromatic carbocycles. The van der Waals surface area contributed by atoms with E-state index in [9.17, 15) is 4.79 Å². The average Bonchev–Trinajstić information content (AvgIpc) is 2.91. The third kappa shape index (κ3) is 6.90. The van der Waals surface area contributed by atoms with E-state index in [1.165, 1.54) is 11.3 Å². The first-order valence-corrected chi connectivity index (χ1v) is 13.7. The Labute approximate surface area is 227 Å². The van der Waals surface area contributed by atoms with E-state index in [1.54, 1.807) is 0 Å². The zero-order chi connectivity index (χ0) is 27.1. The highest BCUT2D eigenvalue weighted by Crippen LogP contribution is 2.29. The smallest absolute Gasteiger partial charge is 0.250 e. The maximum absolute atomic E-state index is 11.7. The molecule has 202 valence electrons. The summed E-state index contributed by atoms with van der Waals surface area (Å²) in [5, 5.41) is 0. The quantitative estimate of drug-likeness (QED) is 0.383. The summed E-state index contributed by atoms with van der Waals surface area (Å²) < 4.78 is 5.67. The van der Waals surface area contributed by atoms with Gasteiger partial charge in [-0.05, 0) is 101 Å². The Hall–Kier alpha value is -3.45. The molecule has 0 aliphatic carbocycles. The first-order chi connectivity index (χ1) is 18.4. The highest BCUT2D eigenvalue weighted by atomic mass is 16.5. The summed E-state index contributed by atoms with van der Waals surface area (Å²) in [7, 11) is 0. The van der Waals surface area contributed by atoms with Crippen LogP contribution >= 0.6 is 0 Å². The number of likely N-dealkylation sites (tertiary alicyclic amines) is 1. The van der Waals surface area contributed by atoms with E-state index >= 15 is 0 Å². The number of nitrogens with two attached hydrogens (primary N) is 1. The number of nitrogens with zero attached hydrogens (tertiary/aromatic N) is 4. The predicted octanol–water partition coefficient (Wildman–Crippen LogP) is 5.08. The second-order valence-corrected chi connectivity index (χ2v) is 10.3. The van der Waals surface area contributed by atoms with Gasteiger partial charge < -0.3 is 20.3 Å². The summed E-state index contributed by atoms with van der Waals surface area (Å²) in [5.41, 5.74) is 11.2. The van der Waals surface area contributed by atoms with Crippen LogP contribution < -0.4 is 15.4 Å². The third-order valence-electron chi connectivity index (χ3n) is 7.63. The second kappa shape index (κ2) is 12.9. The molecule has 38 heavy (non-hydrogen) atoms. The molecule has 2 aromatic heterocycles. The molecule has 1 fully saturated rings. The highest BCUT2D eigenvalue weighted by molar-refractivity contribution is 5.95. The fourth-order valence-corrected chi connectivity index (χ4v) is 5.61. The van der Waals surface area contributed by atoms with Gasteiger partial charge in [-0.3, -0.25) is 14.8 Å². The van der Waals surface area contributed by atoms with Crippen molar-refractivity contribution in [1.82, 2.24) is 14.9 Å². The normalized spacial score (nSPS) is 15.3. The van der Waals surface area contributed by atoms with Crippen LogP contribution in [0.5, 0.6) is 5.75 Å². The number of piperidine rings is 1. The van der Waals surface area contributed by atoms with Gasteiger partial charge in [-0.15, -0.1) is 0 Å². The molecule has 0 spiro atoms. The van der Waals surface area contributed by atoms with Gasteiger partial charge in [0.25, 0.3) is 5.91 Å². The largest absolute Gasteiger partial charge is 0.494 e. The number of aromatic nitrogens is 2. The topological polar surface area (TPSA) is 84.6 Å². The minimum atomic E-state index is -0.405. The van der Waals surface area contributed by atoms with Gasteiger partial charge in [0.05, 0.1) is 17.9 Å². The summed E-state index contributed by atoms with van der Waals surface area (Å²) in [5.74, 6) is 0.503. The summed E-state index contributed by atoms with van der Waals surface area (Å²) in [4.78, 5) is 25.8. The van der Waals surface area contributed by atoms with Crippen molar-refractivity contribution in [3.05, 3.63) is 82.9 Å². The zero-order valence-corrected chi connectivity index (χ0v) is 23.2. The lowest BCUT2D eigenvalue weighted by Gasteiger charge is -2.42. The molecule has 1 saturated heterocycles. The Morgan fingerprint density at radius 3 is 2.53 bits per heavy atom. The van der Waals surface area contributed by atoms with Crippen LogP contribution in [0.3, 0.4) is 0 Å². The van der Waals surface area contributed by atoms with Gasteiger partial charge in [-0.1, -0.05) is 6.07 Å². The molecular weight excluding hydrogens is 474 g/mol. The van der Waals surface area contributed by atoms with Crippen LogP contribution in [0.1, 0.15) is 66.0 Å². The molecule has 3 aromatic rings. The molecule has 0 unspecified atom stereocenters. The summed E-state index contributed by atoms with van der Waals surface area (Å²) >= 11 is 0. The molecule has 3 heterocycles. The van der Waals surface area contributed by atoms with Crippen LogP contribution in [-0.4, -0.2) is 52.6 Å². The monoisotopic (exact) mass is 515 g/mol. The van der Waals surface area contributed by atoms with Crippen molar-refractivity contribution in [3.63, 3.8) is 0 Å². The molecule has 2 N–H and O–H groups in total. The number of benzene rings is 1. The molecular formula is C31H41N5O2. The van der Waals surface area contributed by atoms with Crippen molar-refractivity contribution in [2.75, 3.05) is 24.6 Å². The zero-order valence-electron chi connectivity index (χ0n) is 23.2. The van der Waals surface area contributed by atoms with E-state index in [0.29, 0.717) is 24.3 Å². The molecule has 0 bridgehead atoms. The molecule has 1 aliphatic heterocycles. The highest BCUT2D eigenvalue weighted by Gasteiger charge is 2.27. The maximum atomic E-state index is 11.7. The average molecular weight is 516 g/mol. The first kappa shape index (κ1) is 27.6. The van der Waals surface area contributed by atoms with Gasteiger partial charge in [0.1, 0.15) is 5.75 Å². The van der Waals surface area contributed by atoms with Gasteiger partial charge in [0, 0.05) is 55.5 Å². The minimum absolute atomic E-state index is 0.405. The summed E-state index contributed by atoms with van der Waals surface area (Å²) in [6.45, 7) is 11.8. The van der Waals surface area contributed by atoms with E-state index in [1.807, 2.05) is 45.3 Å². The van der Waals surface area contributed by atoms with E-state index in [4.69, 9.17) is 10.5 Å². The van der Waals surface area contributed by atoms with Crippen molar-refractivity contribution in [2.45, 2.75) is 72.0 Å². The third-order valence-corrected chi connectivity index (χ3v) is 7.63. The van der Waals surface area contributed by atoms with Crippen molar-refractivity contribution in [3.8, 4) is 5.75 Å². The molecule has 1 amide bonds. The number of ether oxygens (including phenoxy) is 1. The van der Waals surface area contributed by atoms with Gasteiger partial charge in [-0.2, -0.15) is 0 Å². The van der Waals surface area contributed by atoms with Crippen LogP contribution in [0.4, 0.5) is 5.69 Å². The van der Waals surface area contributed by atoms with E-state index in [2.05, 4.69) is 57.0 Å². The number of amides is 1. The van der Waals surface area contributed by atoms with Crippen LogP contribution in [0.15, 0.2) is 54.9 Å². The molecule has 1 aliphatic rings. The Balaban J connectivity index is 1.38. The molecule has 7 nitrogen and oxygen atoms in total. The fraction of sp³-hybridized carbons (Fsp3) is 0.452. The lowest BCUT2D eigenvalue weighted by molar-refractivity contribution is 0.0998. The van der Waals surface area contributed by atoms with Crippen molar-refractivity contribution < 1.29 is 9.53 Å². The number of rotatable bonds is 11. The van der Waals surface area contributed by atoms with Crippen LogP contribution in [0.2, 0.25) is 0 Å². The Morgan fingerprint density at radius 2 is 1.92 bits per heavy atom. The SMILES string of the molecule is CCOc1ccc(N(Cc2cccnc2)C2CCN([C@H](C)CCc3cc(C)c(C(N)=O)c(C)n3)CC2)cc1. The van der Waals surface area contributed by atoms with Crippen LogP contribution in [0.25, 0.3) is 0 Å². The molecule has 0 saturated carbocycles. The van der Waals surface area contributed by atoms with Crippen molar-refractivity contribution in [1.29, 1.82) is 0 Å². The number of aryl methyl sites for hydroxylation is 3. The molecule has 0 radical (unpaired) electrons. The Kier molecular flexibility index (Phi) is 9.34. The summed E-state index contributed by atoms with van der Waals surface area (Å²) in [6, 6.07) is 15.6. The van der Waals surface area contributed by atoms with Crippen LogP contribution in [-0.2, 0) is 13.0 Å². The van der Waals surface area contributed by atoms with E-state index in [-0.39, 0.29) is 0 Å². The number of pyridine rings is 2. The second-order valence-electron chi connectivity index (χ2n) is 10.3. The predicted molar refractivity (Wildman–Crippen MR) is 153 cm³/mol. The van der Waals surface area contributed by atoms with Gasteiger partial charge in [-0.25, -0.2) is 0 Å². The number of carbonyl (C=O) groups is 1. The van der Waals surface area contributed by atoms with Gasteiger partial charge in [0.15, 0.2) is 0 Å². The van der Waals surface area contributed by atoms with Gasteiger partial charge >= 0.3 is 0 Å². The lowest BCUT2D eigenvalue weighted by atomic mass is 9.98. The van der Waals surface area contributed by atoms with Crippen LogP contribution in [0, 0.1) is 13.8 Å². The van der Waals surface area contributed by atoms with Crippen molar-refractivity contribution in [2.24, 2.45) is 5.73 Å². The number of carbonyl (C=O) groups excluding carboxylic acids is 1. The molecule has 7 heteroatoms. The standard InChI is InChI=1S/C31H41N5O2/c1-5-38-29-12-10-27(11-13-29)36(21-25-7-6-16-33-20-25)28-14-17-35(18-15-28)23(3)8-9-26-19-22(2)30(31(32)37)24(4)34-26/h6-7,10-13,16,19-20,23,28H,5,8-9,14-15,17-18,21H2,1-4H3,(H2,32,37)/t23-/m1/s1. The Bertz CT molecular complexity index is 1170. The molecule has 1 atom stereocenters. The number of anilines is 1. The maximum Gasteiger partial charge on any atom is 0.250 e. The van der Waals surface area contributed by atoms with Crippen molar-refractivity contribution >= 4 is 11.6 Å². The lowest BCUT2D eigenvalue weighted by Crippen LogP contribution is -2.47. The minimum Gasteiger partial charge on any atom is -0.494 e. The first-order valence-electron chi connectivity index (χ1n) is 13.7. The number of primary amides is 1.